The molecule has 0 aliphatic heterocycles. The highest BCUT2D eigenvalue weighted by atomic mass is 32.2. The average molecular weight is 271 g/mol. The van der Waals surface area contributed by atoms with Crippen molar-refractivity contribution < 1.29 is 8.42 Å². The van der Waals surface area contributed by atoms with Gasteiger partial charge in [0.05, 0.1) is 6.26 Å². The van der Waals surface area contributed by atoms with E-state index in [4.69, 9.17) is 5.73 Å². The fraction of sp³-hybridized carbons (Fsp3) is 0.600. The number of rotatable bonds is 6. The van der Waals surface area contributed by atoms with E-state index >= 15 is 0 Å². The molecule has 1 aromatic rings. The van der Waals surface area contributed by atoms with Gasteiger partial charge in [0.15, 0.2) is 0 Å². The lowest BCUT2D eigenvalue weighted by atomic mass is 10.4. The lowest BCUT2D eigenvalue weighted by molar-refractivity contribution is 0.589. The van der Waals surface area contributed by atoms with Crippen LogP contribution in [0.1, 0.15) is 24.6 Å². The normalized spacial score (nSPS) is 15.6. The minimum Gasteiger partial charge on any atom is -0.384 e. The van der Waals surface area contributed by atoms with Gasteiger partial charge in [-0.1, -0.05) is 0 Å². The molecule has 0 atom stereocenters. The third-order valence-electron chi connectivity index (χ3n) is 2.50. The Balaban J connectivity index is 1.89. The molecule has 18 heavy (non-hydrogen) atoms. The molecule has 8 heteroatoms. The lowest BCUT2D eigenvalue weighted by Gasteiger charge is -2.08. The van der Waals surface area contributed by atoms with Crippen molar-refractivity contribution in [2.45, 2.75) is 18.8 Å². The molecule has 0 saturated heterocycles. The number of hydrogen-bond acceptors (Lipinski definition) is 6. The molecule has 0 unspecified atom stereocenters. The molecule has 0 amide bonds. The van der Waals surface area contributed by atoms with Gasteiger partial charge in [0.25, 0.3) is 0 Å². The van der Waals surface area contributed by atoms with Crippen LogP contribution in [0.25, 0.3) is 0 Å². The van der Waals surface area contributed by atoms with Crippen LogP contribution in [-0.2, 0) is 10.0 Å². The van der Waals surface area contributed by atoms with Crippen molar-refractivity contribution >= 4 is 21.7 Å². The van der Waals surface area contributed by atoms with Crippen LogP contribution < -0.4 is 15.8 Å². The Morgan fingerprint density at radius 2 is 2.11 bits per heavy atom. The van der Waals surface area contributed by atoms with Crippen molar-refractivity contribution in [3.05, 3.63) is 11.9 Å². The summed E-state index contributed by atoms with van der Waals surface area (Å²) < 4.78 is 24.1. The van der Waals surface area contributed by atoms with Crippen molar-refractivity contribution in [3.8, 4) is 0 Å². The molecule has 1 heterocycles. The third kappa shape index (κ3) is 4.11. The number of sulfonamides is 1. The summed E-state index contributed by atoms with van der Waals surface area (Å²) in [4.78, 5) is 8.53. The zero-order valence-corrected chi connectivity index (χ0v) is 11.0. The number of hydrogen-bond donors (Lipinski definition) is 3. The summed E-state index contributed by atoms with van der Waals surface area (Å²) in [6.45, 7) is 0.759. The summed E-state index contributed by atoms with van der Waals surface area (Å²) in [7, 11) is -3.15. The minimum absolute atomic E-state index is 0.307. The summed E-state index contributed by atoms with van der Waals surface area (Å²) in [5.74, 6) is 2.28. The lowest BCUT2D eigenvalue weighted by Crippen LogP contribution is -2.27. The maximum absolute atomic E-state index is 10.9. The molecule has 1 aromatic heterocycles. The van der Waals surface area contributed by atoms with Crippen LogP contribution in [0.15, 0.2) is 6.07 Å². The van der Waals surface area contributed by atoms with E-state index in [1.807, 2.05) is 0 Å². The Labute approximate surface area is 106 Å². The Hall–Kier alpha value is -1.41. The number of nitrogens with two attached hydrogens (primary N) is 1. The van der Waals surface area contributed by atoms with Crippen LogP contribution >= 0.6 is 0 Å². The molecule has 0 spiro atoms. The highest BCUT2D eigenvalue weighted by Gasteiger charge is 2.27. The summed E-state index contributed by atoms with van der Waals surface area (Å²) in [5.41, 5.74) is 5.70. The molecule has 1 saturated carbocycles. The summed E-state index contributed by atoms with van der Waals surface area (Å²) in [6.07, 6.45) is 3.35. The number of nitrogen functional groups attached to an aromatic ring is 1. The van der Waals surface area contributed by atoms with Crippen molar-refractivity contribution in [3.63, 3.8) is 0 Å². The van der Waals surface area contributed by atoms with E-state index in [9.17, 15) is 8.42 Å². The largest absolute Gasteiger partial charge is 0.384 e. The van der Waals surface area contributed by atoms with Gasteiger partial charge in [-0.05, 0) is 12.8 Å². The van der Waals surface area contributed by atoms with Crippen LogP contribution in [0.2, 0.25) is 0 Å². The number of aromatic nitrogens is 2. The van der Waals surface area contributed by atoms with Gasteiger partial charge >= 0.3 is 0 Å². The molecular weight excluding hydrogens is 254 g/mol. The molecule has 4 N–H and O–H groups in total. The second-order valence-corrected chi connectivity index (χ2v) is 6.24. The number of nitrogens with zero attached hydrogens (tertiary/aromatic N) is 2. The molecule has 1 fully saturated rings. The van der Waals surface area contributed by atoms with E-state index in [0.29, 0.717) is 30.6 Å². The molecule has 100 valence electrons. The molecule has 1 aliphatic carbocycles. The molecule has 2 rings (SSSR count). The zero-order valence-electron chi connectivity index (χ0n) is 10.2. The second kappa shape index (κ2) is 5.07. The molecule has 1 aliphatic rings. The predicted octanol–water partition coefficient (Wildman–Crippen LogP) is -0.103. The van der Waals surface area contributed by atoms with Gasteiger partial charge in [0.2, 0.25) is 10.0 Å². The molecule has 0 radical (unpaired) electrons. The van der Waals surface area contributed by atoms with E-state index in [1.54, 1.807) is 6.07 Å². The van der Waals surface area contributed by atoms with E-state index in [-0.39, 0.29) is 0 Å². The Morgan fingerprint density at radius 1 is 1.39 bits per heavy atom. The van der Waals surface area contributed by atoms with Gasteiger partial charge in [-0.3, -0.25) is 0 Å². The first kappa shape index (κ1) is 13.0. The van der Waals surface area contributed by atoms with Crippen molar-refractivity contribution in [2.24, 2.45) is 0 Å². The first-order valence-electron chi connectivity index (χ1n) is 5.77. The highest BCUT2D eigenvalue weighted by Crippen LogP contribution is 2.38. The zero-order chi connectivity index (χ0) is 13.2. The van der Waals surface area contributed by atoms with Gasteiger partial charge in [0, 0.05) is 25.1 Å². The van der Waals surface area contributed by atoms with Crippen molar-refractivity contribution in [2.75, 3.05) is 30.4 Å². The first-order valence-corrected chi connectivity index (χ1v) is 7.66. The monoisotopic (exact) mass is 271 g/mol. The Morgan fingerprint density at radius 3 is 2.72 bits per heavy atom. The molecule has 0 aromatic carbocycles. The molecule has 0 bridgehead atoms. The quantitative estimate of drug-likeness (QED) is 0.623. The second-order valence-electron chi connectivity index (χ2n) is 4.40. The van der Waals surface area contributed by atoms with Crippen molar-refractivity contribution in [1.29, 1.82) is 0 Å². The van der Waals surface area contributed by atoms with Gasteiger partial charge < -0.3 is 11.1 Å². The number of nitrogens with one attached hydrogen (secondary N) is 2. The Bertz CT molecular complexity index is 527. The van der Waals surface area contributed by atoms with E-state index in [1.165, 1.54) is 0 Å². The van der Waals surface area contributed by atoms with Crippen LogP contribution in [0, 0.1) is 0 Å². The fourth-order valence-electron chi connectivity index (χ4n) is 1.53. The summed E-state index contributed by atoms with van der Waals surface area (Å²) in [5, 5.41) is 3.02. The van der Waals surface area contributed by atoms with Crippen LogP contribution in [0.5, 0.6) is 0 Å². The Kier molecular flexibility index (Phi) is 3.67. The maximum Gasteiger partial charge on any atom is 0.208 e. The topological polar surface area (TPSA) is 110 Å². The fourth-order valence-corrected chi connectivity index (χ4v) is 2.00. The molecule has 7 nitrogen and oxygen atoms in total. The van der Waals surface area contributed by atoms with Gasteiger partial charge in [0.1, 0.15) is 17.5 Å². The minimum atomic E-state index is -3.15. The average Bonchev–Trinajstić information content (AvgIpc) is 3.06. The predicted molar refractivity (Wildman–Crippen MR) is 69.8 cm³/mol. The first-order chi connectivity index (χ1) is 8.44. The van der Waals surface area contributed by atoms with Crippen LogP contribution in [-0.4, -0.2) is 37.7 Å². The van der Waals surface area contributed by atoms with E-state index < -0.39 is 10.0 Å². The maximum atomic E-state index is 10.9. The smallest absolute Gasteiger partial charge is 0.208 e. The van der Waals surface area contributed by atoms with Crippen molar-refractivity contribution in [1.82, 2.24) is 14.7 Å². The highest BCUT2D eigenvalue weighted by molar-refractivity contribution is 7.88. The van der Waals surface area contributed by atoms with E-state index in [0.717, 1.165) is 24.9 Å². The van der Waals surface area contributed by atoms with Crippen LogP contribution in [0.3, 0.4) is 0 Å². The van der Waals surface area contributed by atoms with E-state index in [2.05, 4.69) is 20.0 Å². The SMILES string of the molecule is CS(=O)(=O)NCCNc1cc(N)nc(C2CC2)n1. The summed E-state index contributed by atoms with van der Waals surface area (Å²) in [6, 6.07) is 1.65. The molecular formula is C10H17N5O2S. The standard InChI is InChI=1S/C10H17N5O2S/c1-18(16,17)13-5-4-12-9-6-8(11)14-10(15-9)7-2-3-7/h6-7,13H,2-5H2,1H3,(H3,11,12,14,15). The van der Waals surface area contributed by atoms with Gasteiger partial charge in [-0.15, -0.1) is 0 Å². The summed E-state index contributed by atoms with van der Waals surface area (Å²) >= 11 is 0. The number of anilines is 2. The van der Waals surface area contributed by atoms with Crippen LogP contribution in [0.4, 0.5) is 11.6 Å². The third-order valence-corrected chi connectivity index (χ3v) is 3.23. The van der Waals surface area contributed by atoms with Gasteiger partial charge in [-0.25, -0.2) is 23.1 Å². The van der Waals surface area contributed by atoms with Gasteiger partial charge in [-0.2, -0.15) is 0 Å².